The van der Waals surface area contributed by atoms with Crippen molar-refractivity contribution in [2.45, 2.75) is 116 Å². The Morgan fingerprint density at radius 3 is 2.26 bits per heavy atom. The first-order chi connectivity index (χ1) is 14.4. The van der Waals surface area contributed by atoms with Gasteiger partial charge in [-0.05, 0) is 71.9 Å². The van der Waals surface area contributed by atoms with Crippen molar-refractivity contribution < 1.29 is 9.53 Å². The largest absolute Gasteiger partial charge is 0.413 e. The fourth-order valence-electron chi connectivity index (χ4n) is 9.47. The molecule has 0 aliphatic heterocycles. The molecule has 0 aromatic heterocycles. The summed E-state index contributed by atoms with van der Waals surface area (Å²) in [6.45, 7) is 23.7. The Bertz CT molecular complexity index is 718. The van der Waals surface area contributed by atoms with Crippen molar-refractivity contribution >= 4 is 8.32 Å². The van der Waals surface area contributed by atoms with Gasteiger partial charge in [-0.3, -0.25) is 0 Å². The van der Waals surface area contributed by atoms with Crippen LogP contribution >= 0.6 is 0 Å². The second kappa shape index (κ2) is 7.84. The molecule has 3 fully saturated rings. The van der Waals surface area contributed by atoms with Crippen LogP contribution in [0.25, 0.3) is 0 Å². The van der Waals surface area contributed by atoms with Crippen molar-refractivity contribution in [2.24, 2.45) is 34.5 Å². The molecule has 0 unspecified atom stereocenters. The summed E-state index contributed by atoms with van der Waals surface area (Å²) in [6.07, 6.45) is 10.9. The Morgan fingerprint density at radius 1 is 1.06 bits per heavy atom. The van der Waals surface area contributed by atoms with Crippen molar-refractivity contribution in [3.05, 3.63) is 24.3 Å². The third kappa shape index (κ3) is 3.01. The van der Waals surface area contributed by atoms with Crippen LogP contribution in [0.5, 0.6) is 0 Å². The van der Waals surface area contributed by atoms with E-state index in [0.717, 1.165) is 25.7 Å². The van der Waals surface area contributed by atoms with Crippen LogP contribution in [0, 0.1) is 34.5 Å². The minimum Gasteiger partial charge on any atom is -0.413 e. The van der Waals surface area contributed by atoms with Crippen molar-refractivity contribution in [3.63, 3.8) is 0 Å². The molecular weight excluding hydrogens is 396 g/mol. The minimum atomic E-state index is -1.90. The molecule has 0 aromatic rings. The van der Waals surface area contributed by atoms with Crippen LogP contribution in [-0.4, -0.2) is 25.6 Å². The van der Waals surface area contributed by atoms with Crippen LogP contribution in [0.1, 0.15) is 87.5 Å². The van der Waals surface area contributed by atoms with Crippen molar-refractivity contribution in [1.29, 1.82) is 0 Å². The zero-order chi connectivity index (χ0) is 22.9. The molecule has 3 saturated carbocycles. The lowest BCUT2D eigenvalue weighted by molar-refractivity contribution is -0.158. The molecular formula is C28H48O2Si. The van der Waals surface area contributed by atoms with E-state index in [4.69, 9.17) is 4.43 Å². The summed E-state index contributed by atoms with van der Waals surface area (Å²) in [5.41, 5.74) is 3.38. The maximum absolute atomic E-state index is 11.6. The Hall–Kier alpha value is -0.383. The Kier molecular flexibility index (Phi) is 6.01. The summed E-state index contributed by atoms with van der Waals surface area (Å²) in [4.78, 5) is 0. The average Bonchev–Trinajstić information content (AvgIpc) is 2.88. The normalized spacial score (nSPS) is 44.8. The molecule has 0 heterocycles. The zero-order valence-electron chi connectivity index (χ0n) is 21.4. The van der Waals surface area contributed by atoms with Gasteiger partial charge in [0.2, 0.25) is 8.32 Å². The minimum absolute atomic E-state index is 0.0418. The smallest absolute Gasteiger partial charge is 0.200 e. The van der Waals surface area contributed by atoms with E-state index in [0.29, 0.717) is 46.4 Å². The molecule has 0 aromatic carbocycles. The van der Waals surface area contributed by atoms with Gasteiger partial charge in [-0.15, -0.1) is 0 Å². The lowest BCUT2D eigenvalue weighted by atomic mass is 9.43. The topological polar surface area (TPSA) is 29.5 Å². The highest BCUT2D eigenvalue weighted by atomic mass is 28.4. The van der Waals surface area contributed by atoms with E-state index < -0.39 is 8.32 Å². The van der Waals surface area contributed by atoms with E-state index in [2.05, 4.69) is 74.1 Å². The highest BCUT2D eigenvalue weighted by Crippen LogP contribution is 2.71. The van der Waals surface area contributed by atoms with E-state index in [1.54, 1.807) is 0 Å². The fraction of sp³-hybridized carbons (Fsp3) is 0.857. The van der Waals surface area contributed by atoms with Crippen molar-refractivity contribution in [2.75, 3.05) is 0 Å². The standard InChI is InChI=1S/C28H48O2Si/c1-17(2)31(18(3)4,19(5)6)30-25-13-14-27(9)24(21(25)8)11-10-22-16-23-20(7)12-15-28(22,27)26(23)29/h10-11,17-19,21-26,29H,7,12-16H2,1-6,8-9H3/t21-,22+,23-,24-,25-,26+,27-,28+/m0/s1. The zero-order valence-corrected chi connectivity index (χ0v) is 22.4. The molecule has 3 heteroatoms. The molecule has 31 heavy (non-hydrogen) atoms. The molecule has 4 rings (SSSR count). The maximum Gasteiger partial charge on any atom is 0.200 e. The lowest BCUT2D eigenvalue weighted by Gasteiger charge is -2.63. The maximum atomic E-state index is 11.6. The molecule has 0 radical (unpaired) electrons. The summed E-state index contributed by atoms with van der Waals surface area (Å²) in [5.74, 6) is 1.84. The Balaban J connectivity index is 1.66. The summed E-state index contributed by atoms with van der Waals surface area (Å²) in [6, 6.07) is 0. The van der Waals surface area contributed by atoms with Crippen molar-refractivity contribution in [3.8, 4) is 0 Å². The number of hydrogen-bond acceptors (Lipinski definition) is 2. The van der Waals surface area contributed by atoms with Gasteiger partial charge in [-0.2, -0.15) is 0 Å². The Morgan fingerprint density at radius 2 is 1.68 bits per heavy atom. The van der Waals surface area contributed by atoms with Crippen LogP contribution < -0.4 is 0 Å². The monoisotopic (exact) mass is 444 g/mol. The van der Waals surface area contributed by atoms with Gasteiger partial charge < -0.3 is 9.53 Å². The molecule has 0 amide bonds. The highest BCUT2D eigenvalue weighted by Gasteiger charge is 2.68. The van der Waals surface area contributed by atoms with Gasteiger partial charge >= 0.3 is 0 Å². The van der Waals surface area contributed by atoms with Crippen LogP contribution in [0.2, 0.25) is 16.6 Å². The lowest BCUT2D eigenvalue weighted by Crippen LogP contribution is -2.61. The molecule has 2 bridgehead atoms. The molecule has 2 nitrogen and oxygen atoms in total. The summed E-state index contributed by atoms with van der Waals surface area (Å²) >= 11 is 0. The van der Waals surface area contributed by atoms with Gasteiger partial charge in [0, 0.05) is 17.4 Å². The first kappa shape index (κ1) is 23.8. The van der Waals surface area contributed by atoms with Gasteiger partial charge in [0.15, 0.2) is 0 Å². The molecule has 4 aliphatic carbocycles. The number of fused-ring (bicyclic) bond motifs is 2. The quantitative estimate of drug-likeness (QED) is 0.351. The van der Waals surface area contributed by atoms with Crippen molar-refractivity contribution in [1.82, 2.24) is 0 Å². The molecule has 176 valence electrons. The van der Waals surface area contributed by atoms with E-state index in [9.17, 15) is 5.11 Å². The number of rotatable bonds is 5. The van der Waals surface area contributed by atoms with E-state index in [-0.39, 0.29) is 16.9 Å². The van der Waals surface area contributed by atoms with Gasteiger partial charge in [0.25, 0.3) is 0 Å². The van der Waals surface area contributed by atoms with Crippen LogP contribution in [0.15, 0.2) is 24.3 Å². The molecule has 4 aliphatic rings. The van der Waals surface area contributed by atoms with Gasteiger partial charge in [0.05, 0.1) is 6.10 Å². The van der Waals surface area contributed by atoms with Gasteiger partial charge in [0.1, 0.15) is 0 Å². The fourth-order valence-corrected chi connectivity index (χ4v) is 15.1. The van der Waals surface area contributed by atoms with E-state index in [1.165, 1.54) is 12.0 Å². The first-order valence-corrected chi connectivity index (χ1v) is 15.3. The van der Waals surface area contributed by atoms with Crippen LogP contribution in [0.3, 0.4) is 0 Å². The second-order valence-electron chi connectivity index (χ2n) is 12.8. The van der Waals surface area contributed by atoms with Crippen LogP contribution in [-0.2, 0) is 4.43 Å². The molecule has 0 saturated heterocycles. The predicted molar refractivity (Wildman–Crippen MR) is 133 cm³/mol. The SMILES string of the molecule is C=C1CC[C@]23[C@H](C=C[C@H]4[C@H](C)[C@@H](O[Si](C(C)C)(C(C)C)C(C)C)CC[C@@]42C)C[C@@H]1[C@H]3O. The number of aliphatic hydroxyl groups is 1. The number of aliphatic hydroxyl groups excluding tert-OH is 1. The summed E-state index contributed by atoms with van der Waals surface area (Å²) in [7, 11) is -1.90. The van der Waals surface area contributed by atoms with E-state index >= 15 is 0 Å². The Labute approximate surface area is 193 Å². The third-order valence-corrected chi connectivity index (χ3v) is 17.1. The van der Waals surface area contributed by atoms with Gasteiger partial charge in [-0.25, -0.2) is 0 Å². The molecule has 1 spiro atoms. The molecule has 1 N–H and O–H groups in total. The summed E-state index contributed by atoms with van der Waals surface area (Å²) < 4.78 is 7.35. The highest BCUT2D eigenvalue weighted by molar-refractivity contribution is 6.77. The second-order valence-corrected chi connectivity index (χ2v) is 18.2. The number of hydrogen-bond donors (Lipinski definition) is 1. The first-order valence-electron chi connectivity index (χ1n) is 13.1. The predicted octanol–water partition coefficient (Wildman–Crippen LogP) is 7.50. The number of allylic oxidation sites excluding steroid dienone is 2. The third-order valence-electron chi connectivity index (χ3n) is 11.0. The van der Waals surface area contributed by atoms with Crippen LogP contribution in [0.4, 0.5) is 0 Å². The summed E-state index contributed by atoms with van der Waals surface area (Å²) in [5, 5.41) is 11.6. The van der Waals surface area contributed by atoms with Gasteiger partial charge in [-0.1, -0.05) is 79.7 Å². The average molecular weight is 445 g/mol. The van der Waals surface area contributed by atoms with E-state index in [1.807, 2.05) is 0 Å². The molecule has 8 atom stereocenters.